The van der Waals surface area contributed by atoms with Crippen LogP contribution in [0.5, 0.6) is 0 Å². The molecule has 2 aromatic rings. The van der Waals surface area contributed by atoms with Gasteiger partial charge in [-0.1, -0.05) is 31.5 Å². The topological polar surface area (TPSA) is 66.5 Å². The summed E-state index contributed by atoms with van der Waals surface area (Å²) in [6.07, 6.45) is 0. The van der Waals surface area contributed by atoms with Gasteiger partial charge in [-0.3, -0.25) is 4.79 Å². The molecule has 2 rings (SSSR count). The first-order chi connectivity index (χ1) is 12.2. The largest absolute Gasteiger partial charge is 0.322 e. The van der Waals surface area contributed by atoms with Crippen LogP contribution in [0.15, 0.2) is 41.3 Å². The fraction of sp³-hybridized carbons (Fsp3) is 0.235. The van der Waals surface area contributed by atoms with E-state index in [1.807, 2.05) is 0 Å². The van der Waals surface area contributed by atoms with E-state index in [1.165, 1.54) is 28.6 Å². The molecule has 0 heterocycles. The molecule has 0 aromatic heterocycles. The van der Waals surface area contributed by atoms with Crippen molar-refractivity contribution in [3.8, 4) is 0 Å². The molecule has 0 aliphatic rings. The minimum Gasteiger partial charge on any atom is -0.322 e. The van der Waals surface area contributed by atoms with Crippen LogP contribution in [0.3, 0.4) is 0 Å². The van der Waals surface area contributed by atoms with Crippen LogP contribution in [0.2, 0.25) is 5.02 Å². The number of sulfonamides is 1. The number of anilines is 1. The van der Waals surface area contributed by atoms with E-state index in [-0.39, 0.29) is 28.7 Å². The number of carbonyl (C=O) groups is 1. The first kappa shape index (κ1) is 20.3. The van der Waals surface area contributed by atoms with Crippen molar-refractivity contribution in [3.05, 3.63) is 58.6 Å². The molecule has 2 aromatic carbocycles. The van der Waals surface area contributed by atoms with Crippen molar-refractivity contribution in [3.63, 3.8) is 0 Å². The molecule has 0 saturated carbocycles. The van der Waals surface area contributed by atoms with Gasteiger partial charge < -0.3 is 5.32 Å². The number of amides is 1. The third-order valence-corrected chi connectivity index (χ3v) is 6.24. The maximum absolute atomic E-state index is 13.7. The highest BCUT2D eigenvalue weighted by Gasteiger charge is 2.25. The van der Waals surface area contributed by atoms with Crippen molar-refractivity contribution in [2.75, 3.05) is 18.4 Å². The van der Waals surface area contributed by atoms with Gasteiger partial charge in [0.25, 0.3) is 5.91 Å². The Balaban J connectivity index is 2.38. The van der Waals surface area contributed by atoms with Gasteiger partial charge in [0.15, 0.2) is 11.6 Å². The molecule has 0 aliphatic carbocycles. The van der Waals surface area contributed by atoms with E-state index in [1.54, 1.807) is 13.8 Å². The Hall–Kier alpha value is -2.03. The van der Waals surface area contributed by atoms with E-state index in [2.05, 4.69) is 5.32 Å². The van der Waals surface area contributed by atoms with Gasteiger partial charge in [0.05, 0.1) is 10.6 Å². The molecule has 0 atom stereocenters. The third kappa shape index (κ3) is 4.03. The fourth-order valence-electron chi connectivity index (χ4n) is 2.36. The SMILES string of the molecule is CCN(CC)S(=O)(=O)c1cc(NC(=O)c2cccc(F)c2F)ccc1Cl. The summed E-state index contributed by atoms with van der Waals surface area (Å²) in [5.41, 5.74) is -0.401. The maximum Gasteiger partial charge on any atom is 0.258 e. The number of hydrogen-bond donors (Lipinski definition) is 1. The molecule has 0 radical (unpaired) electrons. The smallest absolute Gasteiger partial charge is 0.258 e. The summed E-state index contributed by atoms with van der Waals surface area (Å²) in [4.78, 5) is 12.0. The average molecular weight is 403 g/mol. The molecule has 1 N–H and O–H groups in total. The number of nitrogens with zero attached hydrogens (tertiary/aromatic N) is 1. The lowest BCUT2D eigenvalue weighted by Gasteiger charge is -2.19. The van der Waals surface area contributed by atoms with Gasteiger partial charge in [0.2, 0.25) is 10.0 Å². The van der Waals surface area contributed by atoms with Gasteiger partial charge in [0.1, 0.15) is 4.90 Å². The van der Waals surface area contributed by atoms with E-state index < -0.39 is 33.1 Å². The van der Waals surface area contributed by atoms with Crippen molar-refractivity contribution in [1.82, 2.24) is 4.31 Å². The minimum absolute atomic E-state index is 0.00756. The Morgan fingerprint density at radius 3 is 2.42 bits per heavy atom. The van der Waals surface area contributed by atoms with Crippen molar-refractivity contribution >= 4 is 33.2 Å². The zero-order chi connectivity index (χ0) is 19.5. The monoisotopic (exact) mass is 402 g/mol. The van der Waals surface area contributed by atoms with Gasteiger partial charge in [-0.15, -0.1) is 0 Å². The third-order valence-electron chi connectivity index (χ3n) is 3.71. The summed E-state index contributed by atoms with van der Waals surface area (Å²) < 4.78 is 53.5. The number of nitrogens with one attached hydrogen (secondary N) is 1. The van der Waals surface area contributed by atoms with Gasteiger partial charge in [-0.25, -0.2) is 17.2 Å². The van der Waals surface area contributed by atoms with Crippen molar-refractivity contribution in [1.29, 1.82) is 0 Å². The molecule has 0 bridgehead atoms. The van der Waals surface area contributed by atoms with E-state index in [0.29, 0.717) is 0 Å². The Kier molecular flexibility index (Phi) is 6.33. The second-order valence-electron chi connectivity index (χ2n) is 5.29. The standard InChI is InChI=1S/C17H17ClF2N2O3S/c1-3-22(4-2)26(24,25)15-10-11(8-9-13(15)18)21-17(23)12-6-5-7-14(19)16(12)20/h5-10H,3-4H2,1-2H3,(H,21,23). The predicted molar refractivity (Wildman–Crippen MR) is 95.9 cm³/mol. The summed E-state index contributed by atoms with van der Waals surface area (Å²) in [5.74, 6) is -3.34. The van der Waals surface area contributed by atoms with E-state index in [0.717, 1.165) is 12.1 Å². The van der Waals surface area contributed by atoms with E-state index in [4.69, 9.17) is 11.6 Å². The Morgan fingerprint density at radius 2 is 1.81 bits per heavy atom. The lowest BCUT2D eigenvalue weighted by Crippen LogP contribution is -2.30. The van der Waals surface area contributed by atoms with Crippen LogP contribution in [-0.2, 0) is 10.0 Å². The fourth-order valence-corrected chi connectivity index (χ4v) is 4.32. The molecule has 0 unspecified atom stereocenters. The van der Waals surface area contributed by atoms with Crippen LogP contribution < -0.4 is 5.32 Å². The van der Waals surface area contributed by atoms with Crippen LogP contribution in [0.1, 0.15) is 24.2 Å². The second-order valence-corrected chi connectivity index (χ2v) is 7.60. The first-order valence-electron chi connectivity index (χ1n) is 7.77. The number of hydrogen-bond acceptors (Lipinski definition) is 3. The summed E-state index contributed by atoms with van der Waals surface area (Å²) >= 11 is 6.01. The van der Waals surface area contributed by atoms with Crippen molar-refractivity contribution in [2.45, 2.75) is 18.7 Å². The van der Waals surface area contributed by atoms with Crippen LogP contribution in [0.25, 0.3) is 0 Å². The van der Waals surface area contributed by atoms with Gasteiger partial charge >= 0.3 is 0 Å². The lowest BCUT2D eigenvalue weighted by molar-refractivity contribution is 0.102. The molecule has 140 valence electrons. The normalized spacial score (nSPS) is 11.6. The summed E-state index contributed by atoms with van der Waals surface area (Å²) in [7, 11) is -3.85. The molecule has 26 heavy (non-hydrogen) atoms. The molecule has 9 heteroatoms. The van der Waals surface area contributed by atoms with E-state index in [9.17, 15) is 22.0 Å². The molecule has 0 aliphatic heterocycles. The van der Waals surface area contributed by atoms with Gasteiger partial charge in [-0.2, -0.15) is 4.31 Å². The number of rotatable bonds is 6. The Bertz CT molecular complexity index is 932. The second kappa shape index (κ2) is 8.11. The van der Waals surface area contributed by atoms with Crippen LogP contribution in [-0.4, -0.2) is 31.7 Å². The zero-order valence-corrected chi connectivity index (χ0v) is 15.7. The number of carbonyl (C=O) groups excluding carboxylic acids is 1. The van der Waals surface area contributed by atoms with Gasteiger partial charge in [0, 0.05) is 18.8 Å². The van der Waals surface area contributed by atoms with Crippen LogP contribution in [0.4, 0.5) is 14.5 Å². The Labute approximate surface area is 155 Å². The zero-order valence-electron chi connectivity index (χ0n) is 14.1. The van der Waals surface area contributed by atoms with Crippen molar-refractivity contribution < 1.29 is 22.0 Å². The molecule has 0 fully saturated rings. The van der Waals surface area contributed by atoms with E-state index >= 15 is 0 Å². The van der Waals surface area contributed by atoms with Crippen LogP contribution in [0, 0.1) is 11.6 Å². The molecular weight excluding hydrogens is 386 g/mol. The van der Waals surface area contributed by atoms with Crippen molar-refractivity contribution in [2.24, 2.45) is 0 Å². The minimum atomic E-state index is -3.85. The summed E-state index contributed by atoms with van der Waals surface area (Å²) in [6, 6.07) is 7.09. The number of benzene rings is 2. The molecule has 0 saturated heterocycles. The number of halogens is 3. The molecule has 0 spiro atoms. The quantitative estimate of drug-likeness (QED) is 0.796. The van der Waals surface area contributed by atoms with Crippen LogP contribution >= 0.6 is 11.6 Å². The highest BCUT2D eigenvalue weighted by molar-refractivity contribution is 7.89. The lowest BCUT2D eigenvalue weighted by atomic mass is 10.2. The molecule has 5 nitrogen and oxygen atoms in total. The highest BCUT2D eigenvalue weighted by Crippen LogP contribution is 2.28. The highest BCUT2D eigenvalue weighted by atomic mass is 35.5. The molecular formula is C17H17ClF2N2O3S. The maximum atomic E-state index is 13.7. The Morgan fingerprint density at radius 1 is 1.15 bits per heavy atom. The first-order valence-corrected chi connectivity index (χ1v) is 9.59. The summed E-state index contributed by atoms with van der Waals surface area (Å²) in [6.45, 7) is 3.88. The van der Waals surface area contributed by atoms with Gasteiger partial charge in [-0.05, 0) is 30.3 Å². The predicted octanol–water partition coefficient (Wildman–Crippen LogP) is 3.90. The molecule has 1 amide bonds. The average Bonchev–Trinajstić information content (AvgIpc) is 2.59. The summed E-state index contributed by atoms with van der Waals surface area (Å²) in [5, 5.41) is 2.35.